The van der Waals surface area contributed by atoms with Crippen LogP contribution in [0.4, 0.5) is 0 Å². The number of guanidine groups is 1. The summed E-state index contributed by atoms with van der Waals surface area (Å²) in [5.41, 5.74) is 0. The molecule has 1 amide bonds. The van der Waals surface area contributed by atoms with Crippen LogP contribution in [0, 0.1) is 5.92 Å². The maximum Gasteiger partial charge on any atom is 0.243 e. The molecule has 0 bridgehead atoms. The minimum absolute atomic E-state index is 0.00269. The van der Waals surface area contributed by atoms with Crippen LogP contribution in [0.15, 0.2) is 16.6 Å². The predicted molar refractivity (Wildman–Crippen MR) is 111 cm³/mol. The number of aliphatic imine (C=N–C) groups is 1. The molecule has 0 radical (unpaired) electrons. The highest BCUT2D eigenvalue weighted by atomic mass is 32.1. The van der Waals surface area contributed by atoms with Crippen molar-refractivity contribution < 1.29 is 4.79 Å². The van der Waals surface area contributed by atoms with E-state index in [2.05, 4.69) is 41.4 Å². The highest BCUT2D eigenvalue weighted by Crippen LogP contribution is 2.16. The summed E-state index contributed by atoms with van der Waals surface area (Å²) >= 11 is 1.66. The first-order valence-corrected chi connectivity index (χ1v) is 10.5. The summed E-state index contributed by atoms with van der Waals surface area (Å²) in [6.45, 7) is 8.36. The fraction of sp³-hybridized carbons (Fsp3) is 0.737. The molecule has 0 aliphatic heterocycles. The first-order valence-electron chi connectivity index (χ1n) is 9.59. The largest absolute Gasteiger partial charge is 0.356 e. The van der Waals surface area contributed by atoms with Crippen molar-refractivity contribution in [2.75, 3.05) is 33.7 Å². The molecule has 1 rings (SSSR count). The second kappa shape index (κ2) is 12.7. The third-order valence-corrected chi connectivity index (χ3v) is 5.43. The molecule has 6 nitrogen and oxygen atoms in total. The Kier molecular flexibility index (Phi) is 10.9. The van der Waals surface area contributed by atoms with Crippen LogP contribution >= 0.6 is 11.3 Å². The molecular weight excluding hydrogens is 346 g/mol. The molecule has 0 spiro atoms. The lowest BCUT2D eigenvalue weighted by molar-refractivity contribution is -0.127. The Bertz CT molecular complexity index is 530. The number of carbonyl (C=O) groups excluding carboxylic acids is 1. The Morgan fingerprint density at radius 2 is 2.04 bits per heavy atom. The lowest BCUT2D eigenvalue weighted by Gasteiger charge is -2.19. The third kappa shape index (κ3) is 8.65. The van der Waals surface area contributed by atoms with Gasteiger partial charge in [0.2, 0.25) is 5.91 Å². The van der Waals surface area contributed by atoms with E-state index in [0.717, 1.165) is 24.5 Å². The predicted octanol–water partition coefficient (Wildman–Crippen LogP) is 3.09. The highest BCUT2D eigenvalue weighted by molar-refractivity contribution is 7.09. The Balaban J connectivity index is 2.62. The number of aromatic nitrogens is 1. The van der Waals surface area contributed by atoms with Crippen molar-refractivity contribution >= 4 is 23.2 Å². The van der Waals surface area contributed by atoms with Gasteiger partial charge in [0.15, 0.2) is 5.96 Å². The van der Waals surface area contributed by atoms with E-state index < -0.39 is 0 Å². The SMILES string of the molecule is CCCCC(CC)CNC(=NCC(=O)N(C)C)NCC(C)c1nccs1. The molecule has 7 heteroatoms. The Labute approximate surface area is 162 Å². The Morgan fingerprint density at radius 1 is 1.31 bits per heavy atom. The van der Waals surface area contributed by atoms with Gasteiger partial charge in [-0.3, -0.25) is 4.79 Å². The van der Waals surface area contributed by atoms with E-state index in [0.29, 0.717) is 17.8 Å². The fourth-order valence-corrected chi connectivity index (χ4v) is 3.16. The maximum atomic E-state index is 11.9. The van der Waals surface area contributed by atoms with Crippen molar-refractivity contribution in [1.29, 1.82) is 0 Å². The molecule has 0 aliphatic rings. The molecular formula is C19H35N5OS. The molecule has 0 fully saturated rings. The fourth-order valence-electron chi connectivity index (χ4n) is 2.46. The summed E-state index contributed by atoms with van der Waals surface area (Å²) in [7, 11) is 3.50. The van der Waals surface area contributed by atoms with E-state index in [4.69, 9.17) is 0 Å². The minimum atomic E-state index is -0.00269. The van der Waals surface area contributed by atoms with Gasteiger partial charge in [-0.1, -0.05) is 40.0 Å². The molecule has 0 aromatic carbocycles. The zero-order chi connectivity index (χ0) is 19.4. The van der Waals surface area contributed by atoms with Crippen molar-refractivity contribution in [3.63, 3.8) is 0 Å². The number of carbonyl (C=O) groups is 1. The standard InChI is InChI=1S/C19H35N5OS/c1-6-8-9-16(7-2)13-22-19(23-14-17(25)24(4)5)21-12-15(3)18-20-10-11-26-18/h10-11,15-16H,6-9,12-14H2,1-5H3,(H2,21,22,23). The van der Waals surface area contributed by atoms with Crippen molar-refractivity contribution in [2.45, 2.75) is 52.4 Å². The average Bonchev–Trinajstić information content (AvgIpc) is 3.17. The number of unbranched alkanes of at least 4 members (excludes halogenated alkanes) is 1. The molecule has 0 aliphatic carbocycles. The first kappa shape index (κ1) is 22.4. The van der Waals surface area contributed by atoms with Crippen LogP contribution in [0.25, 0.3) is 0 Å². The molecule has 2 unspecified atom stereocenters. The Morgan fingerprint density at radius 3 is 2.62 bits per heavy atom. The second-order valence-electron chi connectivity index (χ2n) is 6.90. The van der Waals surface area contributed by atoms with Gasteiger partial charge in [0.1, 0.15) is 6.54 Å². The van der Waals surface area contributed by atoms with Crippen LogP contribution in [0.5, 0.6) is 0 Å². The average molecular weight is 382 g/mol. The smallest absolute Gasteiger partial charge is 0.243 e. The molecule has 2 atom stereocenters. The molecule has 1 aromatic heterocycles. The molecule has 2 N–H and O–H groups in total. The number of likely N-dealkylation sites (N-methyl/N-ethyl adjacent to an activating group) is 1. The van der Waals surface area contributed by atoms with Crippen LogP contribution in [-0.2, 0) is 4.79 Å². The van der Waals surface area contributed by atoms with E-state index in [9.17, 15) is 4.79 Å². The van der Waals surface area contributed by atoms with Gasteiger partial charge in [-0.25, -0.2) is 9.98 Å². The number of thiazole rings is 1. The van der Waals surface area contributed by atoms with E-state index in [1.807, 2.05) is 11.6 Å². The van der Waals surface area contributed by atoms with Crippen molar-refractivity contribution in [2.24, 2.45) is 10.9 Å². The molecule has 26 heavy (non-hydrogen) atoms. The zero-order valence-electron chi connectivity index (χ0n) is 16.9. The molecule has 0 saturated heterocycles. The quantitative estimate of drug-likeness (QED) is 0.456. The lowest BCUT2D eigenvalue weighted by Crippen LogP contribution is -2.42. The van der Waals surface area contributed by atoms with Crippen LogP contribution in [0.2, 0.25) is 0 Å². The van der Waals surface area contributed by atoms with E-state index in [1.54, 1.807) is 30.3 Å². The van der Waals surface area contributed by atoms with Gasteiger partial charge in [-0.15, -0.1) is 11.3 Å². The first-order chi connectivity index (χ1) is 12.5. The molecule has 148 valence electrons. The summed E-state index contributed by atoms with van der Waals surface area (Å²) in [5.74, 6) is 1.63. The third-order valence-electron chi connectivity index (χ3n) is 4.42. The van der Waals surface area contributed by atoms with Gasteiger partial charge >= 0.3 is 0 Å². The summed E-state index contributed by atoms with van der Waals surface area (Å²) < 4.78 is 0. The van der Waals surface area contributed by atoms with Crippen LogP contribution in [0.3, 0.4) is 0 Å². The summed E-state index contributed by atoms with van der Waals surface area (Å²) in [4.78, 5) is 22.3. The number of nitrogens with one attached hydrogen (secondary N) is 2. The van der Waals surface area contributed by atoms with Gasteiger partial charge in [0.25, 0.3) is 0 Å². The van der Waals surface area contributed by atoms with E-state index in [1.165, 1.54) is 19.3 Å². The number of rotatable bonds is 11. The van der Waals surface area contributed by atoms with Crippen molar-refractivity contribution in [1.82, 2.24) is 20.5 Å². The number of amides is 1. The molecule has 0 saturated carbocycles. The van der Waals surface area contributed by atoms with Gasteiger partial charge < -0.3 is 15.5 Å². The Hall–Kier alpha value is -1.63. The van der Waals surface area contributed by atoms with Crippen molar-refractivity contribution in [3.8, 4) is 0 Å². The topological polar surface area (TPSA) is 69.6 Å². The molecule has 1 heterocycles. The monoisotopic (exact) mass is 381 g/mol. The number of hydrogen-bond acceptors (Lipinski definition) is 4. The zero-order valence-corrected chi connectivity index (χ0v) is 17.7. The summed E-state index contributed by atoms with van der Waals surface area (Å²) in [5, 5.41) is 9.90. The molecule has 1 aromatic rings. The second-order valence-corrected chi connectivity index (χ2v) is 7.83. The van der Waals surface area contributed by atoms with E-state index in [-0.39, 0.29) is 12.5 Å². The van der Waals surface area contributed by atoms with Gasteiger partial charge in [0, 0.05) is 44.7 Å². The number of hydrogen-bond donors (Lipinski definition) is 2. The summed E-state index contributed by atoms with van der Waals surface area (Å²) in [6, 6.07) is 0. The van der Waals surface area contributed by atoms with Crippen molar-refractivity contribution in [3.05, 3.63) is 16.6 Å². The maximum absolute atomic E-state index is 11.9. The minimum Gasteiger partial charge on any atom is -0.356 e. The van der Waals surface area contributed by atoms with Gasteiger partial charge in [-0.05, 0) is 12.3 Å². The van der Waals surface area contributed by atoms with Crippen LogP contribution in [-0.4, -0.2) is 55.5 Å². The summed E-state index contributed by atoms with van der Waals surface area (Å²) in [6.07, 6.45) is 6.67. The lowest BCUT2D eigenvalue weighted by atomic mass is 9.99. The van der Waals surface area contributed by atoms with Crippen LogP contribution < -0.4 is 10.6 Å². The van der Waals surface area contributed by atoms with Gasteiger partial charge in [0.05, 0.1) is 5.01 Å². The van der Waals surface area contributed by atoms with Crippen LogP contribution in [0.1, 0.15) is 57.4 Å². The van der Waals surface area contributed by atoms with E-state index >= 15 is 0 Å². The highest BCUT2D eigenvalue weighted by Gasteiger charge is 2.12. The normalized spacial score (nSPS) is 14.0. The number of nitrogens with zero attached hydrogens (tertiary/aromatic N) is 3. The van der Waals surface area contributed by atoms with Gasteiger partial charge in [-0.2, -0.15) is 0 Å².